The number of hydrogen-bond acceptors (Lipinski definition) is 4. The molecule has 3 rings (SSSR count). The molecule has 1 aliphatic rings. The SMILES string of the molecule is CC(=O)N1CC(C)Sc2cc(S(=O)(=O)NCCCc3ccccc3)ccc21. The van der Waals surface area contributed by atoms with Crippen molar-refractivity contribution in [2.24, 2.45) is 0 Å². The average Bonchev–Trinajstić information content (AvgIpc) is 2.64. The molecule has 5 nitrogen and oxygen atoms in total. The standard InChI is InChI=1S/C20H24N2O3S2/c1-15-14-22(16(2)23)19-11-10-18(13-20(19)26-15)27(24,25)21-12-6-9-17-7-4-3-5-8-17/h3-5,7-8,10-11,13,15,21H,6,9,12,14H2,1-2H3. The fraction of sp³-hybridized carbons (Fsp3) is 0.350. The maximum absolute atomic E-state index is 12.6. The van der Waals surface area contributed by atoms with Gasteiger partial charge >= 0.3 is 0 Å². The second-order valence-electron chi connectivity index (χ2n) is 6.67. The van der Waals surface area contributed by atoms with Crippen LogP contribution in [0.5, 0.6) is 0 Å². The van der Waals surface area contributed by atoms with Crippen LogP contribution in [0.4, 0.5) is 5.69 Å². The van der Waals surface area contributed by atoms with Crippen LogP contribution in [-0.2, 0) is 21.2 Å². The first-order valence-electron chi connectivity index (χ1n) is 8.99. The molecule has 0 spiro atoms. The summed E-state index contributed by atoms with van der Waals surface area (Å²) in [6.45, 7) is 4.59. The van der Waals surface area contributed by atoms with Gasteiger partial charge in [-0.2, -0.15) is 0 Å². The van der Waals surface area contributed by atoms with Gasteiger partial charge in [-0.1, -0.05) is 37.3 Å². The zero-order valence-electron chi connectivity index (χ0n) is 15.5. The van der Waals surface area contributed by atoms with Crippen LogP contribution in [0.15, 0.2) is 58.3 Å². The van der Waals surface area contributed by atoms with Crippen LogP contribution in [0.3, 0.4) is 0 Å². The van der Waals surface area contributed by atoms with Crippen molar-refractivity contribution in [2.45, 2.75) is 41.7 Å². The van der Waals surface area contributed by atoms with Crippen molar-refractivity contribution in [3.63, 3.8) is 0 Å². The Morgan fingerprint density at radius 3 is 2.67 bits per heavy atom. The summed E-state index contributed by atoms with van der Waals surface area (Å²) in [5.41, 5.74) is 1.98. The minimum absolute atomic E-state index is 0.0296. The van der Waals surface area contributed by atoms with Gasteiger partial charge in [0, 0.05) is 30.2 Å². The highest BCUT2D eigenvalue weighted by Crippen LogP contribution is 2.39. The monoisotopic (exact) mass is 404 g/mol. The maximum Gasteiger partial charge on any atom is 0.240 e. The van der Waals surface area contributed by atoms with Crippen LogP contribution in [0.2, 0.25) is 0 Å². The molecule has 2 aromatic rings. The molecule has 144 valence electrons. The van der Waals surface area contributed by atoms with E-state index in [-0.39, 0.29) is 16.1 Å². The molecule has 1 atom stereocenters. The van der Waals surface area contributed by atoms with E-state index in [1.165, 1.54) is 12.5 Å². The Morgan fingerprint density at radius 1 is 1.22 bits per heavy atom. The summed E-state index contributed by atoms with van der Waals surface area (Å²) in [5.74, 6) is -0.0296. The summed E-state index contributed by atoms with van der Waals surface area (Å²) >= 11 is 1.60. The number of aryl methyl sites for hydroxylation is 1. The fourth-order valence-electron chi connectivity index (χ4n) is 3.11. The van der Waals surface area contributed by atoms with Crippen LogP contribution >= 0.6 is 11.8 Å². The van der Waals surface area contributed by atoms with Crippen molar-refractivity contribution >= 4 is 33.4 Å². The van der Waals surface area contributed by atoms with E-state index in [0.717, 1.165) is 23.4 Å². The first-order chi connectivity index (χ1) is 12.9. The predicted molar refractivity (Wildman–Crippen MR) is 110 cm³/mol. The second-order valence-corrected chi connectivity index (χ2v) is 9.92. The van der Waals surface area contributed by atoms with Gasteiger partial charge in [0.25, 0.3) is 0 Å². The number of hydrogen-bond donors (Lipinski definition) is 1. The number of nitrogens with zero attached hydrogens (tertiary/aromatic N) is 1. The Labute approximate surface area is 165 Å². The lowest BCUT2D eigenvalue weighted by molar-refractivity contribution is -0.116. The van der Waals surface area contributed by atoms with Crippen LogP contribution in [0, 0.1) is 0 Å². The highest BCUT2D eigenvalue weighted by Gasteiger charge is 2.26. The third-order valence-electron chi connectivity index (χ3n) is 4.46. The van der Waals surface area contributed by atoms with E-state index >= 15 is 0 Å². The zero-order valence-corrected chi connectivity index (χ0v) is 17.1. The topological polar surface area (TPSA) is 66.5 Å². The summed E-state index contributed by atoms with van der Waals surface area (Å²) in [5, 5.41) is 0.221. The summed E-state index contributed by atoms with van der Waals surface area (Å²) in [7, 11) is -3.57. The van der Waals surface area contributed by atoms with Crippen molar-refractivity contribution in [1.82, 2.24) is 4.72 Å². The van der Waals surface area contributed by atoms with Gasteiger partial charge in [0.15, 0.2) is 0 Å². The summed E-state index contributed by atoms with van der Waals surface area (Å²) in [4.78, 5) is 14.6. The lowest BCUT2D eigenvalue weighted by Crippen LogP contribution is -2.37. The Balaban J connectivity index is 1.68. The van der Waals surface area contributed by atoms with Crippen LogP contribution in [-0.4, -0.2) is 32.7 Å². The Hall–Kier alpha value is -1.83. The molecule has 1 aliphatic heterocycles. The number of rotatable bonds is 6. The number of anilines is 1. The number of nitrogens with one attached hydrogen (secondary N) is 1. The quantitative estimate of drug-likeness (QED) is 0.749. The van der Waals surface area contributed by atoms with E-state index in [4.69, 9.17) is 0 Å². The molecule has 0 aromatic heterocycles. The molecule has 0 bridgehead atoms. The summed E-state index contributed by atoms with van der Waals surface area (Å²) < 4.78 is 27.9. The lowest BCUT2D eigenvalue weighted by Gasteiger charge is -2.32. The molecule has 0 saturated heterocycles. The fourth-order valence-corrected chi connectivity index (χ4v) is 5.44. The molecule has 2 aromatic carbocycles. The maximum atomic E-state index is 12.6. The van der Waals surface area contributed by atoms with Gasteiger partial charge in [0.1, 0.15) is 0 Å². The van der Waals surface area contributed by atoms with Crippen molar-refractivity contribution in [2.75, 3.05) is 18.0 Å². The Bertz CT molecular complexity index is 914. The van der Waals surface area contributed by atoms with Gasteiger partial charge in [-0.25, -0.2) is 13.1 Å². The molecule has 0 fully saturated rings. The molecule has 0 radical (unpaired) electrons. The van der Waals surface area contributed by atoms with E-state index in [0.29, 0.717) is 13.1 Å². The van der Waals surface area contributed by atoms with Crippen molar-refractivity contribution in [1.29, 1.82) is 0 Å². The third kappa shape index (κ3) is 4.91. The van der Waals surface area contributed by atoms with Crippen LogP contribution in [0.1, 0.15) is 25.8 Å². The first kappa shape index (κ1) is 19.9. The number of carbonyl (C=O) groups is 1. The van der Waals surface area contributed by atoms with E-state index in [1.807, 2.05) is 37.3 Å². The summed E-state index contributed by atoms with van der Waals surface area (Å²) in [6, 6.07) is 15.0. The number of sulfonamides is 1. The van der Waals surface area contributed by atoms with Gasteiger partial charge in [-0.3, -0.25) is 4.79 Å². The van der Waals surface area contributed by atoms with Gasteiger partial charge in [0.2, 0.25) is 15.9 Å². The van der Waals surface area contributed by atoms with Gasteiger partial charge in [0.05, 0.1) is 10.6 Å². The molecule has 1 amide bonds. The van der Waals surface area contributed by atoms with Crippen LogP contribution in [0.25, 0.3) is 0 Å². The van der Waals surface area contributed by atoms with Crippen molar-refractivity contribution < 1.29 is 13.2 Å². The Kier molecular flexibility index (Phi) is 6.24. The van der Waals surface area contributed by atoms with E-state index < -0.39 is 10.0 Å². The smallest absolute Gasteiger partial charge is 0.240 e. The number of fused-ring (bicyclic) bond motifs is 1. The molecule has 1 unspecified atom stereocenters. The summed E-state index contributed by atoms with van der Waals surface area (Å²) in [6.07, 6.45) is 1.56. The minimum atomic E-state index is -3.57. The highest BCUT2D eigenvalue weighted by molar-refractivity contribution is 8.00. The Morgan fingerprint density at radius 2 is 1.96 bits per heavy atom. The average molecular weight is 405 g/mol. The minimum Gasteiger partial charge on any atom is -0.310 e. The number of thioether (sulfide) groups is 1. The third-order valence-corrected chi connectivity index (χ3v) is 7.05. The molecule has 1 heterocycles. The van der Waals surface area contributed by atoms with Gasteiger partial charge in [-0.15, -0.1) is 11.8 Å². The lowest BCUT2D eigenvalue weighted by atomic mass is 10.1. The molecule has 1 N–H and O–H groups in total. The van der Waals surface area contributed by atoms with E-state index in [9.17, 15) is 13.2 Å². The molecular formula is C20H24N2O3S2. The molecule has 0 aliphatic carbocycles. The predicted octanol–water partition coefficient (Wildman–Crippen LogP) is 3.44. The normalized spacial score (nSPS) is 16.8. The van der Waals surface area contributed by atoms with Crippen LogP contribution < -0.4 is 9.62 Å². The number of carbonyl (C=O) groups excluding carboxylic acids is 1. The largest absolute Gasteiger partial charge is 0.310 e. The van der Waals surface area contributed by atoms with Gasteiger partial charge < -0.3 is 4.90 Å². The van der Waals surface area contributed by atoms with E-state index in [2.05, 4.69) is 4.72 Å². The first-order valence-corrected chi connectivity index (χ1v) is 11.4. The number of amides is 1. The van der Waals surface area contributed by atoms with Crippen molar-refractivity contribution in [3.8, 4) is 0 Å². The zero-order chi connectivity index (χ0) is 19.4. The molecule has 27 heavy (non-hydrogen) atoms. The number of benzene rings is 2. The second kappa shape index (κ2) is 8.46. The highest BCUT2D eigenvalue weighted by atomic mass is 32.2. The van der Waals surface area contributed by atoms with E-state index in [1.54, 1.807) is 34.9 Å². The molecule has 7 heteroatoms. The van der Waals surface area contributed by atoms with Gasteiger partial charge in [-0.05, 0) is 36.6 Å². The van der Waals surface area contributed by atoms with Crippen molar-refractivity contribution in [3.05, 3.63) is 54.1 Å². The molecule has 0 saturated carbocycles. The molecular weight excluding hydrogens is 380 g/mol.